The SMILES string of the molecule is N#Cc1cc(Br)ccc1Nc1cccc(C(F)(F)F)c1. The normalized spacial score (nSPS) is 10.9. The van der Waals surface area contributed by atoms with Crippen LogP contribution < -0.4 is 5.32 Å². The third kappa shape index (κ3) is 3.31. The quantitative estimate of drug-likeness (QED) is 0.827. The van der Waals surface area contributed by atoms with Crippen LogP contribution in [0.4, 0.5) is 24.5 Å². The van der Waals surface area contributed by atoms with Crippen molar-refractivity contribution in [3.8, 4) is 6.07 Å². The molecule has 0 radical (unpaired) electrons. The largest absolute Gasteiger partial charge is 0.416 e. The monoisotopic (exact) mass is 340 g/mol. The summed E-state index contributed by atoms with van der Waals surface area (Å²) in [4.78, 5) is 0. The van der Waals surface area contributed by atoms with Crippen molar-refractivity contribution in [2.45, 2.75) is 6.18 Å². The van der Waals surface area contributed by atoms with Gasteiger partial charge in [-0.2, -0.15) is 18.4 Å². The summed E-state index contributed by atoms with van der Waals surface area (Å²) < 4.78 is 38.6. The van der Waals surface area contributed by atoms with Gasteiger partial charge in [0.25, 0.3) is 0 Å². The molecule has 2 aromatic carbocycles. The number of benzene rings is 2. The van der Waals surface area contributed by atoms with E-state index < -0.39 is 11.7 Å². The van der Waals surface area contributed by atoms with Gasteiger partial charge < -0.3 is 5.32 Å². The zero-order valence-corrected chi connectivity index (χ0v) is 11.6. The third-order valence-corrected chi connectivity index (χ3v) is 3.06. The van der Waals surface area contributed by atoms with E-state index in [2.05, 4.69) is 21.2 Å². The van der Waals surface area contributed by atoms with Crippen molar-refractivity contribution in [1.29, 1.82) is 5.26 Å². The molecule has 0 heterocycles. The lowest BCUT2D eigenvalue weighted by molar-refractivity contribution is -0.137. The summed E-state index contributed by atoms with van der Waals surface area (Å²) in [6.07, 6.45) is -4.39. The van der Waals surface area contributed by atoms with E-state index in [0.717, 1.165) is 16.6 Å². The Morgan fingerprint density at radius 2 is 1.85 bits per heavy atom. The summed E-state index contributed by atoms with van der Waals surface area (Å²) in [6, 6.07) is 11.7. The van der Waals surface area contributed by atoms with E-state index in [1.165, 1.54) is 12.1 Å². The molecule has 2 nitrogen and oxygen atoms in total. The highest BCUT2D eigenvalue weighted by Gasteiger charge is 2.30. The molecule has 2 rings (SSSR count). The Morgan fingerprint density at radius 3 is 2.50 bits per heavy atom. The van der Waals surface area contributed by atoms with E-state index in [1.54, 1.807) is 18.2 Å². The van der Waals surface area contributed by atoms with Gasteiger partial charge in [-0.25, -0.2) is 0 Å². The highest BCUT2D eigenvalue weighted by Crippen LogP contribution is 2.32. The summed E-state index contributed by atoms with van der Waals surface area (Å²) in [5, 5.41) is 11.8. The standard InChI is InChI=1S/C14H8BrF3N2/c15-11-4-5-13(9(6-11)8-19)20-12-3-1-2-10(7-12)14(16,17)18/h1-7,20H. The zero-order valence-electron chi connectivity index (χ0n) is 10.0. The Bertz CT molecular complexity index is 675. The van der Waals surface area contributed by atoms with E-state index >= 15 is 0 Å². The number of rotatable bonds is 2. The number of halogens is 4. The van der Waals surface area contributed by atoms with Crippen molar-refractivity contribution in [3.05, 3.63) is 58.1 Å². The maximum Gasteiger partial charge on any atom is 0.416 e. The predicted molar refractivity (Wildman–Crippen MR) is 73.6 cm³/mol. The molecule has 20 heavy (non-hydrogen) atoms. The Labute approximate surface area is 122 Å². The van der Waals surface area contributed by atoms with E-state index in [1.807, 2.05) is 6.07 Å². The van der Waals surface area contributed by atoms with Crippen molar-refractivity contribution in [2.24, 2.45) is 0 Å². The van der Waals surface area contributed by atoms with Gasteiger partial charge in [0.2, 0.25) is 0 Å². The fourth-order valence-electron chi connectivity index (χ4n) is 1.65. The van der Waals surface area contributed by atoms with Crippen LogP contribution in [0.5, 0.6) is 0 Å². The highest BCUT2D eigenvalue weighted by molar-refractivity contribution is 9.10. The molecule has 1 N–H and O–H groups in total. The van der Waals surface area contributed by atoms with Crippen molar-refractivity contribution >= 4 is 27.3 Å². The lowest BCUT2D eigenvalue weighted by Gasteiger charge is -2.11. The van der Waals surface area contributed by atoms with Crippen molar-refractivity contribution in [2.75, 3.05) is 5.32 Å². The summed E-state index contributed by atoms with van der Waals surface area (Å²) >= 11 is 3.23. The van der Waals surface area contributed by atoms with Crippen LogP contribution in [0.25, 0.3) is 0 Å². The summed E-state index contributed by atoms with van der Waals surface area (Å²) in [5.74, 6) is 0. The van der Waals surface area contributed by atoms with Crippen LogP contribution >= 0.6 is 15.9 Å². The molecule has 0 atom stereocenters. The van der Waals surface area contributed by atoms with Gasteiger partial charge in [0.1, 0.15) is 6.07 Å². The zero-order chi connectivity index (χ0) is 14.8. The molecule has 0 spiro atoms. The van der Waals surface area contributed by atoms with Crippen LogP contribution in [0.2, 0.25) is 0 Å². The van der Waals surface area contributed by atoms with Crippen molar-refractivity contribution < 1.29 is 13.2 Å². The number of nitriles is 1. The van der Waals surface area contributed by atoms with E-state index in [9.17, 15) is 13.2 Å². The number of anilines is 2. The number of hydrogen-bond acceptors (Lipinski definition) is 2. The first-order chi connectivity index (χ1) is 9.40. The minimum absolute atomic E-state index is 0.277. The fraction of sp³-hybridized carbons (Fsp3) is 0.0714. The number of nitrogens with zero attached hydrogens (tertiary/aromatic N) is 1. The molecule has 0 unspecified atom stereocenters. The van der Waals surface area contributed by atoms with Gasteiger partial charge in [0.05, 0.1) is 16.8 Å². The van der Waals surface area contributed by atoms with Gasteiger partial charge in [0, 0.05) is 10.2 Å². The summed E-state index contributed by atoms with van der Waals surface area (Å²) in [7, 11) is 0. The first-order valence-corrected chi connectivity index (χ1v) is 6.33. The van der Waals surface area contributed by atoms with Gasteiger partial charge in [-0.05, 0) is 36.4 Å². The minimum atomic E-state index is -4.39. The molecule has 0 saturated carbocycles. The van der Waals surface area contributed by atoms with Crippen LogP contribution in [-0.4, -0.2) is 0 Å². The van der Waals surface area contributed by atoms with Crippen molar-refractivity contribution in [1.82, 2.24) is 0 Å². The molecule has 2 aromatic rings. The first kappa shape index (κ1) is 14.4. The van der Waals surface area contributed by atoms with Crippen LogP contribution in [0.15, 0.2) is 46.9 Å². The topological polar surface area (TPSA) is 35.8 Å². The smallest absolute Gasteiger partial charge is 0.354 e. The molecule has 0 aromatic heterocycles. The Morgan fingerprint density at radius 1 is 1.10 bits per heavy atom. The molecule has 0 bridgehead atoms. The molecule has 0 saturated heterocycles. The molecule has 102 valence electrons. The molecule has 6 heteroatoms. The third-order valence-electron chi connectivity index (χ3n) is 2.57. The molecular weight excluding hydrogens is 333 g/mol. The summed E-state index contributed by atoms with van der Waals surface area (Å²) in [6.45, 7) is 0. The maximum atomic E-state index is 12.6. The molecule has 0 aliphatic heterocycles. The maximum absolute atomic E-state index is 12.6. The van der Waals surface area contributed by atoms with E-state index in [0.29, 0.717) is 11.3 Å². The molecule has 0 amide bonds. The first-order valence-electron chi connectivity index (χ1n) is 5.54. The van der Waals surface area contributed by atoms with Gasteiger partial charge in [0.15, 0.2) is 0 Å². The van der Waals surface area contributed by atoms with Gasteiger partial charge in [-0.15, -0.1) is 0 Å². The van der Waals surface area contributed by atoms with Crippen LogP contribution in [0.3, 0.4) is 0 Å². The minimum Gasteiger partial charge on any atom is -0.354 e. The summed E-state index contributed by atoms with van der Waals surface area (Å²) in [5.41, 5.74) is 0.337. The Hall–Kier alpha value is -2.00. The number of alkyl halides is 3. The van der Waals surface area contributed by atoms with Gasteiger partial charge >= 0.3 is 6.18 Å². The molecule has 0 aliphatic rings. The average Bonchev–Trinajstić information content (AvgIpc) is 2.40. The Balaban J connectivity index is 2.34. The second-order valence-electron chi connectivity index (χ2n) is 4.01. The fourth-order valence-corrected chi connectivity index (χ4v) is 2.01. The predicted octanol–water partition coefficient (Wildman–Crippen LogP) is 5.08. The van der Waals surface area contributed by atoms with Crippen LogP contribution in [0, 0.1) is 11.3 Å². The van der Waals surface area contributed by atoms with E-state index in [-0.39, 0.29) is 5.69 Å². The van der Waals surface area contributed by atoms with Crippen molar-refractivity contribution in [3.63, 3.8) is 0 Å². The van der Waals surface area contributed by atoms with Crippen LogP contribution in [-0.2, 0) is 6.18 Å². The van der Waals surface area contributed by atoms with Crippen LogP contribution in [0.1, 0.15) is 11.1 Å². The molecule has 0 aliphatic carbocycles. The Kier molecular flexibility index (Phi) is 4.00. The number of nitrogens with one attached hydrogen (secondary N) is 1. The van der Waals surface area contributed by atoms with E-state index in [4.69, 9.17) is 5.26 Å². The highest BCUT2D eigenvalue weighted by atomic mass is 79.9. The number of hydrogen-bond donors (Lipinski definition) is 1. The second-order valence-corrected chi connectivity index (χ2v) is 4.92. The lowest BCUT2D eigenvalue weighted by atomic mass is 10.1. The van der Waals surface area contributed by atoms with Gasteiger partial charge in [-0.1, -0.05) is 22.0 Å². The lowest BCUT2D eigenvalue weighted by Crippen LogP contribution is -2.05. The van der Waals surface area contributed by atoms with Gasteiger partial charge in [-0.3, -0.25) is 0 Å². The average molecular weight is 341 g/mol. The second kappa shape index (κ2) is 5.55. The molecular formula is C14H8BrF3N2. The molecule has 0 fully saturated rings.